The van der Waals surface area contributed by atoms with E-state index >= 15 is 0 Å². The van der Waals surface area contributed by atoms with E-state index in [1.54, 1.807) is 10.9 Å². The minimum absolute atomic E-state index is 0.628. The number of pyridine rings is 1. The van der Waals surface area contributed by atoms with Crippen LogP contribution in [-0.4, -0.2) is 14.8 Å². The summed E-state index contributed by atoms with van der Waals surface area (Å²) in [6.45, 7) is 1.97. The van der Waals surface area contributed by atoms with E-state index in [-0.39, 0.29) is 0 Å². The molecule has 0 N–H and O–H groups in total. The van der Waals surface area contributed by atoms with Gasteiger partial charge in [0.25, 0.3) is 0 Å². The molecule has 0 saturated carbocycles. The lowest BCUT2D eigenvalue weighted by Gasteiger charge is -2.09. The highest BCUT2D eigenvalue weighted by molar-refractivity contribution is 9.10. The van der Waals surface area contributed by atoms with Gasteiger partial charge >= 0.3 is 0 Å². The lowest BCUT2D eigenvalue weighted by molar-refractivity contribution is 0.775. The minimum Gasteiger partial charge on any atom is -0.267 e. The smallest absolute Gasteiger partial charge is 0.101 e. The van der Waals surface area contributed by atoms with Gasteiger partial charge in [-0.3, -0.25) is 9.67 Å². The Balaban J connectivity index is 2.41. The van der Waals surface area contributed by atoms with Crippen molar-refractivity contribution in [2.75, 3.05) is 0 Å². The van der Waals surface area contributed by atoms with Crippen LogP contribution in [-0.2, 0) is 7.05 Å². The van der Waals surface area contributed by atoms with Crippen molar-refractivity contribution < 1.29 is 0 Å². The maximum atomic E-state index is 9.57. The number of rotatable bonds is 1. The third kappa shape index (κ3) is 1.89. The Bertz CT molecular complexity index is 839. The molecular weight excluding hydrogens is 316 g/mol. The maximum Gasteiger partial charge on any atom is 0.101 e. The fraction of sp³-hybridized carbons (Fsp3) is 0.133. The van der Waals surface area contributed by atoms with Crippen LogP contribution in [0.15, 0.2) is 35.1 Å². The first-order valence-electron chi connectivity index (χ1n) is 6.09. The van der Waals surface area contributed by atoms with Crippen LogP contribution in [0.1, 0.15) is 11.1 Å². The average molecular weight is 327 g/mol. The molecule has 0 unspecified atom stereocenters. The van der Waals surface area contributed by atoms with E-state index < -0.39 is 0 Å². The van der Waals surface area contributed by atoms with Gasteiger partial charge in [-0.05, 0) is 46.6 Å². The molecule has 2 aromatic heterocycles. The van der Waals surface area contributed by atoms with Crippen LogP contribution in [0.4, 0.5) is 0 Å². The van der Waals surface area contributed by atoms with Crippen LogP contribution in [0, 0.1) is 18.3 Å². The molecule has 0 aliphatic heterocycles. The van der Waals surface area contributed by atoms with Crippen LogP contribution in [0.2, 0.25) is 0 Å². The van der Waals surface area contributed by atoms with Crippen LogP contribution in [0.25, 0.3) is 22.2 Å². The summed E-state index contributed by atoms with van der Waals surface area (Å²) in [6.07, 6.45) is 3.54. The predicted octanol–water partition coefficient (Wildman–Crippen LogP) is 3.58. The lowest BCUT2D eigenvalue weighted by Crippen LogP contribution is -1.97. The third-order valence-corrected chi connectivity index (χ3v) is 3.84. The van der Waals surface area contributed by atoms with Gasteiger partial charge in [0.2, 0.25) is 0 Å². The normalized spacial score (nSPS) is 10.7. The fourth-order valence-electron chi connectivity index (χ4n) is 2.34. The second kappa shape index (κ2) is 4.73. The number of aryl methyl sites for hydroxylation is 2. The van der Waals surface area contributed by atoms with Crippen molar-refractivity contribution in [3.63, 3.8) is 0 Å². The molecule has 5 heteroatoms. The highest BCUT2D eigenvalue weighted by atomic mass is 79.9. The Morgan fingerprint density at radius 1 is 1.30 bits per heavy atom. The first-order valence-corrected chi connectivity index (χ1v) is 6.88. The number of nitrogens with zero attached hydrogens (tertiary/aromatic N) is 4. The van der Waals surface area contributed by atoms with Gasteiger partial charge in [-0.1, -0.05) is 0 Å². The zero-order valence-corrected chi connectivity index (χ0v) is 12.6. The Kier molecular flexibility index (Phi) is 3.03. The SMILES string of the molecule is Cc1cnc2ccc(-c3c(Br)cnn3C)c(C#N)c2c1. The number of aromatic nitrogens is 3. The van der Waals surface area contributed by atoms with E-state index in [9.17, 15) is 5.26 Å². The molecule has 2 heterocycles. The third-order valence-electron chi connectivity index (χ3n) is 3.26. The molecule has 0 aliphatic carbocycles. The molecule has 20 heavy (non-hydrogen) atoms. The summed E-state index contributed by atoms with van der Waals surface area (Å²) < 4.78 is 2.63. The molecular formula is C15H11BrN4. The summed E-state index contributed by atoms with van der Waals surface area (Å²) in [6, 6.07) is 8.16. The van der Waals surface area contributed by atoms with Gasteiger partial charge in [-0.2, -0.15) is 10.4 Å². The Morgan fingerprint density at radius 2 is 2.10 bits per heavy atom. The number of nitriles is 1. The van der Waals surface area contributed by atoms with Crippen LogP contribution < -0.4 is 0 Å². The Morgan fingerprint density at radius 3 is 2.75 bits per heavy atom. The van der Waals surface area contributed by atoms with Gasteiger partial charge < -0.3 is 0 Å². The Labute approximate surface area is 124 Å². The molecule has 1 aromatic carbocycles. The summed E-state index contributed by atoms with van der Waals surface area (Å²) in [5.41, 5.74) is 4.25. The summed E-state index contributed by atoms with van der Waals surface area (Å²) in [5, 5.41) is 14.6. The molecule has 0 atom stereocenters. The summed E-state index contributed by atoms with van der Waals surface area (Å²) >= 11 is 3.49. The van der Waals surface area contributed by atoms with Crippen molar-refractivity contribution in [2.45, 2.75) is 6.92 Å². The van der Waals surface area contributed by atoms with Gasteiger partial charge in [0.1, 0.15) is 6.07 Å². The van der Waals surface area contributed by atoms with E-state index in [4.69, 9.17) is 0 Å². The topological polar surface area (TPSA) is 54.5 Å². The van der Waals surface area contributed by atoms with Crippen molar-refractivity contribution in [1.82, 2.24) is 14.8 Å². The summed E-state index contributed by atoms with van der Waals surface area (Å²) in [7, 11) is 1.86. The van der Waals surface area contributed by atoms with Gasteiger partial charge in [-0.15, -0.1) is 0 Å². The minimum atomic E-state index is 0.628. The van der Waals surface area contributed by atoms with Gasteiger partial charge in [0.15, 0.2) is 0 Å². The lowest BCUT2D eigenvalue weighted by atomic mass is 9.99. The molecule has 98 valence electrons. The number of fused-ring (bicyclic) bond motifs is 1. The molecule has 0 fully saturated rings. The van der Waals surface area contributed by atoms with Gasteiger partial charge in [0, 0.05) is 24.2 Å². The molecule has 0 spiro atoms. The standard InChI is InChI=1S/C15H11BrN4/c1-9-5-11-12(6-17)10(3-4-14(11)18-7-9)15-13(16)8-19-20(15)2/h3-5,7-8H,1-2H3. The summed E-state index contributed by atoms with van der Waals surface area (Å²) in [4.78, 5) is 4.37. The zero-order chi connectivity index (χ0) is 14.3. The van der Waals surface area contributed by atoms with Gasteiger partial charge in [0.05, 0.1) is 27.4 Å². The van der Waals surface area contributed by atoms with Gasteiger partial charge in [-0.25, -0.2) is 0 Å². The molecule has 0 saturated heterocycles. The molecule has 0 bridgehead atoms. The highest BCUT2D eigenvalue weighted by Crippen LogP contribution is 2.33. The molecule has 0 amide bonds. The van der Waals surface area contributed by atoms with Crippen molar-refractivity contribution in [1.29, 1.82) is 5.26 Å². The molecule has 3 aromatic rings. The number of halogens is 1. The largest absolute Gasteiger partial charge is 0.267 e. The first-order chi connectivity index (χ1) is 9.61. The summed E-state index contributed by atoms with van der Waals surface area (Å²) in [5.74, 6) is 0. The van der Waals surface area contributed by atoms with E-state index in [0.717, 1.165) is 32.2 Å². The number of benzene rings is 1. The Hall–Kier alpha value is -2.19. The maximum absolute atomic E-state index is 9.57. The quantitative estimate of drug-likeness (QED) is 0.686. The van der Waals surface area contributed by atoms with Crippen molar-refractivity contribution in [2.24, 2.45) is 7.05 Å². The average Bonchev–Trinajstić information content (AvgIpc) is 2.77. The van der Waals surface area contributed by atoms with Crippen molar-refractivity contribution in [3.05, 3.63) is 46.2 Å². The number of hydrogen-bond donors (Lipinski definition) is 0. The highest BCUT2D eigenvalue weighted by Gasteiger charge is 2.15. The number of hydrogen-bond acceptors (Lipinski definition) is 3. The molecule has 3 rings (SSSR count). The van der Waals surface area contributed by atoms with Crippen molar-refractivity contribution >= 4 is 26.8 Å². The second-order valence-electron chi connectivity index (χ2n) is 4.64. The van der Waals surface area contributed by atoms with Crippen molar-refractivity contribution in [3.8, 4) is 17.3 Å². The van der Waals surface area contributed by atoms with E-state index in [1.807, 2.05) is 38.4 Å². The first kappa shape index (κ1) is 12.8. The molecule has 0 radical (unpaired) electrons. The van der Waals surface area contributed by atoms with Crippen LogP contribution in [0.5, 0.6) is 0 Å². The van der Waals surface area contributed by atoms with E-state index in [2.05, 4.69) is 32.1 Å². The molecule has 0 aliphatic rings. The fourth-order valence-corrected chi connectivity index (χ4v) is 2.90. The van der Waals surface area contributed by atoms with Crippen LogP contribution >= 0.6 is 15.9 Å². The van der Waals surface area contributed by atoms with Crippen LogP contribution in [0.3, 0.4) is 0 Å². The second-order valence-corrected chi connectivity index (χ2v) is 5.50. The predicted molar refractivity (Wildman–Crippen MR) is 81.1 cm³/mol. The van der Waals surface area contributed by atoms with E-state index in [1.165, 1.54) is 0 Å². The monoisotopic (exact) mass is 326 g/mol. The zero-order valence-electron chi connectivity index (χ0n) is 11.1. The molecule has 4 nitrogen and oxygen atoms in total. The van der Waals surface area contributed by atoms with E-state index in [0.29, 0.717) is 5.56 Å².